The van der Waals surface area contributed by atoms with Crippen molar-refractivity contribution in [3.8, 4) is 5.75 Å². The molecule has 2 saturated heterocycles. The van der Waals surface area contributed by atoms with E-state index in [4.69, 9.17) is 9.47 Å². The van der Waals surface area contributed by atoms with E-state index in [1.54, 1.807) is 48.7 Å². The second-order valence-electron chi connectivity index (χ2n) is 16.6. The number of amides is 4. The number of ketones is 2. The number of allylic oxidation sites excluding steroid dienone is 1. The second-order valence-corrected chi connectivity index (χ2v) is 16.6. The number of carbonyl (C=O) groups excluding carboxylic acids is 7. The molecular formula is C46H52N6O9. The molecule has 4 aliphatic rings. The van der Waals surface area contributed by atoms with Crippen LogP contribution in [0, 0.1) is 0 Å². The molecule has 1 saturated carbocycles. The summed E-state index contributed by atoms with van der Waals surface area (Å²) in [7, 11) is 0. The Hall–Kier alpha value is -6.19. The lowest BCUT2D eigenvalue weighted by Crippen LogP contribution is -2.52. The highest BCUT2D eigenvalue weighted by Crippen LogP contribution is 2.36. The Morgan fingerprint density at radius 3 is 2.26 bits per heavy atom. The molecule has 0 bridgehead atoms. The van der Waals surface area contributed by atoms with E-state index in [1.807, 2.05) is 44.2 Å². The number of para-hydroxylation sites is 1. The predicted octanol–water partition coefficient (Wildman–Crippen LogP) is 4.08. The number of benzene rings is 3. The predicted molar refractivity (Wildman–Crippen MR) is 225 cm³/mol. The van der Waals surface area contributed by atoms with E-state index in [2.05, 4.69) is 25.8 Å². The molecule has 3 heterocycles. The van der Waals surface area contributed by atoms with Crippen molar-refractivity contribution in [3.05, 3.63) is 107 Å². The number of anilines is 1. The maximum Gasteiger partial charge on any atom is 0.417 e. The van der Waals surface area contributed by atoms with Crippen molar-refractivity contribution >= 4 is 47.0 Å². The van der Waals surface area contributed by atoms with Crippen LogP contribution >= 0.6 is 0 Å². The van der Waals surface area contributed by atoms with Crippen LogP contribution in [0.3, 0.4) is 0 Å². The minimum atomic E-state index is -0.788. The van der Waals surface area contributed by atoms with Crippen LogP contribution in [-0.4, -0.2) is 115 Å². The summed E-state index contributed by atoms with van der Waals surface area (Å²) in [6, 6.07) is 20.8. The van der Waals surface area contributed by atoms with Gasteiger partial charge in [0.25, 0.3) is 5.91 Å². The minimum Gasteiger partial charge on any atom is -0.464 e. The lowest BCUT2D eigenvalue weighted by Gasteiger charge is -2.34. The number of piperazine rings is 1. The summed E-state index contributed by atoms with van der Waals surface area (Å²) >= 11 is 0. The van der Waals surface area contributed by atoms with Crippen LogP contribution in [0.2, 0.25) is 0 Å². The Balaban J connectivity index is 0.823. The molecule has 1 unspecified atom stereocenters. The van der Waals surface area contributed by atoms with Crippen molar-refractivity contribution in [3.63, 3.8) is 0 Å². The number of hydrogen-bond acceptors (Lipinski definition) is 12. The Kier molecular flexibility index (Phi) is 13.4. The first-order valence-electron chi connectivity index (χ1n) is 20.9. The molecule has 61 heavy (non-hydrogen) atoms. The van der Waals surface area contributed by atoms with Gasteiger partial charge in [-0.15, -0.1) is 0 Å². The molecule has 15 heteroatoms. The van der Waals surface area contributed by atoms with E-state index in [9.17, 15) is 33.6 Å². The van der Waals surface area contributed by atoms with Gasteiger partial charge in [0.2, 0.25) is 11.8 Å². The number of imide groups is 1. The number of carbonyl (C=O) groups is 7. The van der Waals surface area contributed by atoms with Gasteiger partial charge in [-0.25, -0.2) is 4.79 Å². The van der Waals surface area contributed by atoms with Gasteiger partial charge >= 0.3 is 12.1 Å². The fourth-order valence-electron chi connectivity index (χ4n) is 8.50. The molecule has 3 aliphatic heterocycles. The van der Waals surface area contributed by atoms with E-state index in [0.717, 1.165) is 38.3 Å². The summed E-state index contributed by atoms with van der Waals surface area (Å²) in [6.45, 7) is 9.37. The molecule has 15 nitrogen and oxygen atoms in total. The highest BCUT2D eigenvalue weighted by atomic mass is 16.6. The van der Waals surface area contributed by atoms with Gasteiger partial charge in [-0.3, -0.25) is 49.2 Å². The molecule has 3 N–H and O–H groups in total. The van der Waals surface area contributed by atoms with E-state index >= 15 is 0 Å². The lowest BCUT2D eigenvalue weighted by molar-refractivity contribution is -0.145. The fourth-order valence-corrected chi connectivity index (χ4v) is 8.50. The molecule has 1 atom stereocenters. The quantitative estimate of drug-likeness (QED) is 0.0697. The molecule has 0 aromatic heterocycles. The SMILES string of the molecule is CC(C)(CC(=O)OCCN1CCN(CCNC=C2C(=O)CC(c3ccccc3)CC2=O)CC1)c1ccccc1OC(=O)Nc1cccc2c1CN(C1CCC(=O)NC1=O)C2=O. The van der Waals surface area contributed by atoms with Crippen LogP contribution in [0.25, 0.3) is 0 Å². The van der Waals surface area contributed by atoms with Gasteiger partial charge < -0.3 is 19.7 Å². The van der Waals surface area contributed by atoms with Crippen LogP contribution < -0.4 is 20.7 Å². The highest BCUT2D eigenvalue weighted by Gasteiger charge is 2.40. The second kappa shape index (κ2) is 19.0. The third-order valence-electron chi connectivity index (χ3n) is 11.9. The smallest absolute Gasteiger partial charge is 0.417 e. The molecular weight excluding hydrogens is 781 g/mol. The van der Waals surface area contributed by atoms with Gasteiger partial charge in [0.1, 0.15) is 18.4 Å². The van der Waals surface area contributed by atoms with E-state index in [1.165, 1.54) is 4.90 Å². The van der Waals surface area contributed by atoms with Gasteiger partial charge in [0.15, 0.2) is 11.6 Å². The summed E-state index contributed by atoms with van der Waals surface area (Å²) < 4.78 is 11.5. The van der Waals surface area contributed by atoms with E-state index < -0.39 is 23.5 Å². The number of piperidine rings is 1. The minimum absolute atomic E-state index is 0.0429. The standard InChI is InChI=1S/C46H52N6O9/c1-46(2,35-12-6-7-14-40(35)61-45(59)48-36-13-8-11-32-34(36)29-52(44(32)58)37-15-16-41(55)49-43(37)57)27-42(56)60-24-23-51-21-19-50(20-22-51)18-17-47-28-33-38(53)25-31(26-39(33)54)30-9-4-3-5-10-30/h3-14,28,31,37,47H,15-27,29H2,1-2H3,(H,48,59)(H,49,55,57). The number of rotatable bonds is 14. The van der Waals surface area contributed by atoms with Gasteiger partial charge in [-0.05, 0) is 36.1 Å². The summed E-state index contributed by atoms with van der Waals surface area (Å²) in [5.74, 6) is -1.66. The van der Waals surface area contributed by atoms with Gasteiger partial charge in [-0.1, -0.05) is 68.4 Å². The molecule has 0 radical (unpaired) electrons. The van der Waals surface area contributed by atoms with Crippen LogP contribution in [0.1, 0.15) is 78.9 Å². The lowest BCUT2D eigenvalue weighted by atomic mass is 9.80. The summed E-state index contributed by atoms with van der Waals surface area (Å²) in [5.41, 5.74) is 2.41. The molecule has 320 valence electrons. The Morgan fingerprint density at radius 1 is 0.852 bits per heavy atom. The van der Waals surface area contributed by atoms with E-state index in [-0.39, 0.29) is 79.0 Å². The first-order valence-corrected chi connectivity index (χ1v) is 20.9. The summed E-state index contributed by atoms with van der Waals surface area (Å²) in [5, 5.41) is 8.21. The number of hydrogen-bond donors (Lipinski definition) is 3. The molecule has 1 aliphatic carbocycles. The monoisotopic (exact) mass is 832 g/mol. The van der Waals surface area contributed by atoms with Crippen LogP contribution in [-0.2, 0) is 40.7 Å². The largest absolute Gasteiger partial charge is 0.464 e. The molecule has 0 spiro atoms. The average Bonchev–Trinajstić information content (AvgIpc) is 3.57. The Morgan fingerprint density at radius 2 is 1.54 bits per heavy atom. The number of fused-ring (bicyclic) bond motifs is 1. The van der Waals surface area contributed by atoms with E-state index in [0.29, 0.717) is 48.3 Å². The van der Waals surface area contributed by atoms with Crippen molar-refractivity contribution in [1.29, 1.82) is 0 Å². The normalized spacial score (nSPS) is 19.9. The molecule has 7 rings (SSSR count). The number of ether oxygens (including phenoxy) is 2. The van der Waals surface area contributed by atoms with Crippen molar-refractivity contribution in [1.82, 2.24) is 25.3 Å². The Labute approximate surface area is 354 Å². The molecule has 3 aromatic carbocycles. The molecule has 3 fully saturated rings. The first-order chi connectivity index (χ1) is 29.4. The third kappa shape index (κ3) is 10.4. The highest BCUT2D eigenvalue weighted by molar-refractivity contribution is 6.22. The van der Waals surface area contributed by atoms with Gasteiger partial charge in [0.05, 0.1) is 12.0 Å². The first kappa shape index (κ1) is 42.9. The maximum absolute atomic E-state index is 13.3. The third-order valence-corrected chi connectivity index (χ3v) is 11.9. The van der Waals surface area contributed by atoms with Crippen molar-refractivity contribution in [2.24, 2.45) is 0 Å². The van der Waals surface area contributed by atoms with Crippen LogP contribution in [0.4, 0.5) is 10.5 Å². The van der Waals surface area contributed by atoms with Gasteiger partial charge in [-0.2, -0.15) is 0 Å². The summed E-state index contributed by atoms with van der Waals surface area (Å²) in [6.07, 6.45) is 1.87. The number of esters is 1. The number of nitrogens with one attached hydrogen (secondary N) is 3. The fraction of sp³-hybridized carbons (Fsp3) is 0.413. The zero-order valence-corrected chi connectivity index (χ0v) is 34.6. The number of Topliss-reactive ketones (excluding diaryl/α,β-unsaturated/α-hetero) is 2. The van der Waals surface area contributed by atoms with Crippen molar-refractivity contribution in [2.75, 3.05) is 57.7 Å². The van der Waals surface area contributed by atoms with Crippen LogP contribution in [0.15, 0.2) is 84.6 Å². The summed E-state index contributed by atoms with van der Waals surface area (Å²) in [4.78, 5) is 95.3. The molecule has 4 amide bonds. The maximum atomic E-state index is 13.3. The van der Waals surface area contributed by atoms with Crippen LogP contribution in [0.5, 0.6) is 5.75 Å². The van der Waals surface area contributed by atoms with Gasteiger partial charge in [0, 0.05) is 106 Å². The van der Waals surface area contributed by atoms with Crippen molar-refractivity contribution < 1.29 is 43.0 Å². The van der Waals surface area contributed by atoms with Crippen molar-refractivity contribution in [2.45, 2.75) is 69.9 Å². The Bertz CT molecular complexity index is 2200. The topological polar surface area (TPSA) is 184 Å². The number of nitrogens with zero attached hydrogens (tertiary/aromatic N) is 3. The zero-order chi connectivity index (χ0) is 43.1. The molecule has 3 aromatic rings. The average molecular weight is 833 g/mol. The zero-order valence-electron chi connectivity index (χ0n) is 34.6.